The summed E-state index contributed by atoms with van der Waals surface area (Å²) in [7, 11) is 3.44. The second-order valence-electron chi connectivity index (χ2n) is 5.75. The third-order valence-corrected chi connectivity index (χ3v) is 3.46. The van der Waals surface area contributed by atoms with E-state index in [2.05, 4.69) is 24.5 Å². The smallest absolute Gasteiger partial charge is 0.319 e. The van der Waals surface area contributed by atoms with Crippen LogP contribution in [0.15, 0.2) is 24.3 Å². The number of likely N-dealkylation sites (N-methyl/N-ethyl adjacent to an activating group) is 1. The van der Waals surface area contributed by atoms with Gasteiger partial charge in [0, 0.05) is 25.8 Å². The van der Waals surface area contributed by atoms with Crippen molar-refractivity contribution in [2.24, 2.45) is 5.92 Å². The summed E-state index contributed by atoms with van der Waals surface area (Å²) in [6.45, 7) is 6.06. The first-order chi connectivity index (χ1) is 9.81. The van der Waals surface area contributed by atoms with E-state index in [1.807, 2.05) is 25.1 Å². The summed E-state index contributed by atoms with van der Waals surface area (Å²) in [6, 6.07) is 7.19. The zero-order valence-corrected chi connectivity index (χ0v) is 13.4. The largest absolute Gasteiger partial charge is 0.349 e. The summed E-state index contributed by atoms with van der Waals surface area (Å²) >= 11 is 0. The Morgan fingerprint density at radius 2 is 1.76 bits per heavy atom. The molecule has 0 aliphatic rings. The van der Waals surface area contributed by atoms with E-state index in [-0.39, 0.29) is 24.4 Å². The average Bonchev–Trinajstić information content (AvgIpc) is 2.40. The Morgan fingerprint density at radius 3 is 2.33 bits per heavy atom. The molecule has 0 aliphatic carbocycles. The lowest BCUT2D eigenvalue weighted by Gasteiger charge is -2.19. The van der Waals surface area contributed by atoms with Gasteiger partial charge in [-0.05, 0) is 24.5 Å². The fourth-order valence-corrected chi connectivity index (χ4v) is 1.65. The molecule has 0 aromatic heterocycles. The molecule has 1 rings (SSSR count). The first-order valence-electron chi connectivity index (χ1n) is 7.16. The summed E-state index contributed by atoms with van der Waals surface area (Å²) in [5.74, 6) is 0.363. The van der Waals surface area contributed by atoms with Crippen LogP contribution in [0.4, 0.5) is 10.5 Å². The van der Waals surface area contributed by atoms with E-state index < -0.39 is 0 Å². The highest BCUT2D eigenvalue weighted by Gasteiger charge is 2.13. The maximum absolute atomic E-state index is 12.0. The quantitative estimate of drug-likeness (QED) is 0.875. The van der Waals surface area contributed by atoms with Crippen LogP contribution in [-0.4, -0.2) is 37.0 Å². The summed E-state index contributed by atoms with van der Waals surface area (Å²) in [5.41, 5.74) is 1.48. The molecular weight excluding hydrogens is 266 g/mol. The van der Waals surface area contributed by atoms with Gasteiger partial charge >= 0.3 is 6.03 Å². The first kappa shape index (κ1) is 17.0. The molecule has 5 nitrogen and oxygen atoms in total. The zero-order chi connectivity index (χ0) is 16.0. The number of hydrogen-bond acceptors (Lipinski definition) is 2. The lowest BCUT2D eigenvalue weighted by atomic mass is 10.1. The van der Waals surface area contributed by atoms with Gasteiger partial charge in [0.25, 0.3) is 0 Å². The highest BCUT2D eigenvalue weighted by atomic mass is 16.2. The van der Waals surface area contributed by atoms with E-state index in [0.29, 0.717) is 11.6 Å². The average molecular weight is 291 g/mol. The van der Waals surface area contributed by atoms with Gasteiger partial charge in [0.2, 0.25) is 5.91 Å². The maximum atomic E-state index is 12.0. The van der Waals surface area contributed by atoms with E-state index in [0.717, 1.165) is 5.56 Å². The molecule has 0 heterocycles. The van der Waals surface area contributed by atoms with Crippen LogP contribution in [0.5, 0.6) is 0 Å². The van der Waals surface area contributed by atoms with Crippen molar-refractivity contribution < 1.29 is 9.59 Å². The summed E-state index contributed by atoms with van der Waals surface area (Å²) in [4.78, 5) is 25.3. The number of carbonyl (C=O) groups excluding carboxylic acids is 2. The third-order valence-electron chi connectivity index (χ3n) is 3.46. The highest BCUT2D eigenvalue weighted by molar-refractivity contribution is 5.91. The van der Waals surface area contributed by atoms with Crippen molar-refractivity contribution in [2.45, 2.75) is 33.2 Å². The van der Waals surface area contributed by atoms with Crippen molar-refractivity contribution in [3.63, 3.8) is 0 Å². The molecule has 1 unspecified atom stereocenters. The zero-order valence-electron chi connectivity index (χ0n) is 13.4. The molecule has 21 heavy (non-hydrogen) atoms. The molecule has 0 bridgehead atoms. The van der Waals surface area contributed by atoms with Crippen LogP contribution in [0, 0.1) is 5.92 Å². The number of benzene rings is 1. The number of rotatable bonds is 5. The minimum absolute atomic E-state index is 0.000191. The Kier molecular flexibility index (Phi) is 6.21. The van der Waals surface area contributed by atoms with Crippen LogP contribution >= 0.6 is 0 Å². The van der Waals surface area contributed by atoms with Crippen LogP contribution in [0.1, 0.15) is 26.3 Å². The standard InChI is InChI=1S/C16H25N3O2/c1-11(2)12(3)17-16(21)18-14-9-7-6-8-13(14)10-15(20)19(4)5/h6-9,11-12H,10H2,1-5H3,(H2,17,18,21). The first-order valence-corrected chi connectivity index (χ1v) is 7.16. The van der Waals surface area contributed by atoms with Crippen molar-refractivity contribution in [3.8, 4) is 0 Å². The van der Waals surface area contributed by atoms with Crippen molar-refractivity contribution in [3.05, 3.63) is 29.8 Å². The fraction of sp³-hybridized carbons (Fsp3) is 0.500. The maximum Gasteiger partial charge on any atom is 0.319 e. The lowest BCUT2D eigenvalue weighted by Crippen LogP contribution is -2.39. The van der Waals surface area contributed by atoms with Gasteiger partial charge in [-0.25, -0.2) is 4.79 Å². The molecule has 1 aromatic rings. The number of amides is 3. The van der Waals surface area contributed by atoms with Gasteiger partial charge in [0.05, 0.1) is 6.42 Å². The summed E-state index contributed by atoms with van der Waals surface area (Å²) in [5, 5.41) is 5.71. The second kappa shape index (κ2) is 7.67. The minimum Gasteiger partial charge on any atom is -0.349 e. The predicted octanol–water partition coefficient (Wildman–Crippen LogP) is 2.48. The number of nitrogens with zero attached hydrogens (tertiary/aromatic N) is 1. The molecule has 1 atom stereocenters. The Bertz CT molecular complexity index is 498. The molecular formula is C16H25N3O2. The number of carbonyl (C=O) groups is 2. The molecule has 0 saturated heterocycles. The molecule has 5 heteroatoms. The Labute approximate surface area is 126 Å². The fourth-order valence-electron chi connectivity index (χ4n) is 1.65. The van der Waals surface area contributed by atoms with Crippen molar-refractivity contribution in [1.82, 2.24) is 10.2 Å². The van der Waals surface area contributed by atoms with Crippen LogP contribution in [0.3, 0.4) is 0 Å². The van der Waals surface area contributed by atoms with E-state index in [9.17, 15) is 9.59 Å². The molecule has 0 fully saturated rings. The van der Waals surface area contributed by atoms with Crippen molar-refractivity contribution >= 4 is 17.6 Å². The number of urea groups is 1. The van der Waals surface area contributed by atoms with Crippen molar-refractivity contribution in [2.75, 3.05) is 19.4 Å². The number of nitrogens with one attached hydrogen (secondary N) is 2. The number of para-hydroxylation sites is 1. The summed E-state index contributed by atoms with van der Waals surface area (Å²) < 4.78 is 0. The van der Waals surface area contributed by atoms with E-state index in [1.54, 1.807) is 20.2 Å². The molecule has 0 saturated carbocycles. The van der Waals surface area contributed by atoms with Gasteiger partial charge in [-0.1, -0.05) is 32.0 Å². The van der Waals surface area contributed by atoms with E-state index in [4.69, 9.17) is 0 Å². The third kappa shape index (κ3) is 5.45. The van der Waals surface area contributed by atoms with E-state index in [1.165, 1.54) is 4.90 Å². The van der Waals surface area contributed by atoms with Crippen LogP contribution in [0.2, 0.25) is 0 Å². The lowest BCUT2D eigenvalue weighted by molar-refractivity contribution is -0.127. The van der Waals surface area contributed by atoms with Crippen LogP contribution < -0.4 is 10.6 Å². The Morgan fingerprint density at radius 1 is 1.14 bits per heavy atom. The van der Waals surface area contributed by atoms with Crippen LogP contribution in [0.25, 0.3) is 0 Å². The number of anilines is 1. The Balaban J connectivity index is 2.75. The van der Waals surface area contributed by atoms with Crippen molar-refractivity contribution in [1.29, 1.82) is 0 Å². The molecule has 0 radical (unpaired) electrons. The topological polar surface area (TPSA) is 61.4 Å². The van der Waals surface area contributed by atoms with Crippen LogP contribution in [-0.2, 0) is 11.2 Å². The predicted molar refractivity (Wildman–Crippen MR) is 85.3 cm³/mol. The second-order valence-corrected chi connectivity index (χ2v) is 5.75. The number of hydrogen-bond donors (Lipinski definition) is 2. The van der Waals surface area contributed by atoms with E-state index >= 15 is 0 Å². The molecule has 3 amide bonds. The SMILES string of the molecule is CC(C)C(C)NC(=O)Nc1ccccc1CC(=O)N(C)C. The molecule has 1 aromatic carbocycles. The van der Waals surface area contributed by atoms with Gasteiger partial charge in [-0.15, -0.1) is 0 Å². The van der Waals surface area contributed by atoms with Gasteiger partial charge in [-0.3, -0.25) is 4.79 Å². The summed E-state index contributed by atoms with van der Waals surface area (Å²) in [6.07, 6.45) is 0.267. The Hall–Kier alpha value is -2.04. The highest BCUT2D eigenvalue weighted by Crippen LogP contribution is 2.16. The molecule has 0 spiro atoms. The molecule has 116 valence electrons. The van der Waals surface area contributed by atoms with Gasteiger partial charge in [0.1, 0.15) is 0 Å². The minimum atomic E-state index is -0.249. The van der Waals surface area contributed by atoms with Gasteiger partial charge < -0.3 is 15.5 Å². The monoisotopic (exact) mass is 291 g/mol. The normalized spacial score (nSPS) is 11.9. The van der Waals surface area contributed by atoms with Gasteiger partial charge in [0.15, 0.2) is 0 Å². The van der Waals surface area contributed by atoms with Gasteiger partial charge in [-0.2, -0.15) is 0 Å². The molecule has 2 N–H and O–H groups in total. The molecule has 0 aliphatic heterocycles.